The zero-order valence-electron chi connectivity index (χ0n) is 23.5. The van der Waals surface area contributed by atoms with Gasteiger partial charge in [0.25, 0.3) is 0 Å². The van der Waals surface area contributed by atoms with Gasteiger partial charge < -0.3 is 19.3 Å². The van der Waals surface area contributed by atoms with Crippen molar-refractivity contribution in [1.29, 1.82) is 0 Å². The maximum Gasteiger partial charge on any atom is 0.410 e. The molecule has 212 valence electrons. The fraction of sp³-hybridized carbons (Fsp3) is 0.419. The van der Waals surface area contributed by atoms with E-state index in [9.17, 15) is 14.4 Å². The van der Waals surface area contributed by atoms with Crippen molar-refractivity contribution in [2.24, 2.45) is 0 Å². The van der Waals surface area contributed by atoms with Crippen LogP contribution in [0.5, 0.6) is 0 Å². The van der Waals surface area contributed by atoms with Crippen molar-refractivity contribution in [3.63, 3.8) is 0 Å². The molecule has 0 saturated carbocycles. The van der Waals surface area contributed by atoms with E-state index in [0.717, 1.165) is 24.0 Å². The summed E-state index contributed by atoms with van der Waals surface area (Å²) in [7, 11) is 0. The lowest BCUT2D eigenvalue weighted by Gasteiger charge is -2.30. The number of hydrogen-bond donors (Lipinski definition) is 0. The molecule has 0 spiro atoms. The van der Waals surface area contributed by atoms with E-state index in [1.807, 2.05) is 81.4 Å². The van der Waals surface area contributed by atoms with E-state index in [4.69, 9.17) is 9.47 Å². The van der Waals surface area contributed by atoms with Gasteiger partial charge in [0.15, 0.2) is 5.78 Å². The molecular weight excluding hydrogens is 508 g/mol. The second-order valence-corrected chi connectivity index (χ2v) is 11.1. The molecule has 0 aliphatic carbocycles. The largest absolute Gasteiger partial charge is 0.445 e. The van der Waals surface area contributed by atoms with E-state index in [2.05, 4.69) is 5.10 Å². The highest BCUT2D eigenvalue weighted by atomic mass is 16.6. The number of rotatable bonds is 10. The molecule has 0 N–H and O–H groups in total. The topological polar surface area (TPSA) is 94.0 Å². The summed E-state index contributed by atoms with van der Waals surface area (Å²) in [5, 5.41) is 4.33. The Labute approximate surface area is 235 Å². The lowest BCUT2D eigenvalue weighted by molar-refractivity contribution is 0.0211. The van der Waals surface area contributed by atoms with Gasteiger partial charge in [-0.2, -0.15) is 5.10 Å². The number of aromatic nitrogens is 2. The third-order valence-corrected chi connectivity index (χ3v) is 6.68. The molecule has 1 aromatic heterocycles. The Morgan fingerprint density at radius 1 is 1.00 bits per heavy atom. The highest BCUT2D eigenvalue weighted by molar-refractivity contribution is 5.98. The molecule has 0 radical (unpaired) electrons. The Morgan fingerprint density at radius 2 is 1.68 bits per heavy atom. The number of likely N-dealkylation sites (tertiary alicyclic amines) is 1. The number of ketones is 1. The predicted octanol–water partition coefficient (Wildman–Crippen LogP) is 5.54. The van der Waals surface area contributed by atoms with Crippen LogP contribution in [0.2, 0.25) is 0 Å². The van der Waals surface area contributed by atoms with Gasteiger partial charge in [0.05, 0.1) is 24.8 Å². The van der Waals surface area contributed by atoms with E-state index in [1.165, 1.54) is 11.1 Å². The SMILES string of the molecule is CC(C)(C)OC(=O)N1CCC[C@H]1CCN(CC(=O)c1cnn(Cc2ccccc2)c1)C(=O)OCc1ccccc1. The Bertz CT molecular complexity index is 1270. The van der Waals surface area contributed by atoms with E-state index in [-0.39, 0.29) is 37.6 Å². The van der Waals surface area contributed by atoms with E-state index < -0.39 is 11.7 Å². The first-order chi connectivity index (χ1) is 19.2. The molecule has 3 aromatic rings. The summed E-state index contributed by atoms with van der Waals surface area (Å²) in [6.45, 7) is 6.89. The van der Waals surface area contributed by atoms with Gasteiger partial charge in [0, 0.05) is 25.3 Å². The van der Waals surface area contributed by atoms with Gasteiger partial charge in [0.1, 0.15) is 12.2 Å². The van der Waals surface area contributed by atoms with Crippen LogP contribution in [0.4, 0.5) is 9.59 Å². The van der Waals surface area contributed by atoms with Crippen LogP contribution < -0.4 is 0 Å². The molecule has 2 aromatic carbocycles. The molecule has 40 heavy (non-hydrogen) atoms. The van der Waals surface area contributed by atoms with Crippen LogP contribution in [0.1, 0.15) is 61.5 Å². The zero-order chi connectivity index (χ0) is 28.5. The molecule has 9 nitrogen and oxygen atoms in total. The first-order valence-electron chi connectivity index (χ1n) is 13.7. The number of hydrogen-bond acceptors (Lipinski definition) is 6. The summed E-state index contributed by atoms with van der Waals surface area (Å²) in [6.07, 6.45) is 4.49. The first kappa shape index (κ1) is 28.9. The fourth-order valence-electron chi connectivity index (χ4n) is 4.68. The van der Waals surface area contributed by atoms with E-state index in [1.54, 1.807) is 15.8 Å². The zero-order valence-corrected chi connectivity index (χ0v) is 23.5. The van der Waals surface area contributed by atoms with Crippen LogP contribution in [0.15, 0.2) is 73.1 Å². The second kappa shape index (κ2) is 13.3. The average molecular weight is 547 g/mol. The smallest absolute Gasteiger partial charge is 0.410 e. The Kier molecular flexibility index (Phi) is 9.58. The number of Topliss-reactive ketones (excluding diaryl/α,β-unsaturated/α-hetero) is 1. The van der Waals surface area contributed by atoms with Crippen molar-refractivity contribution in [2.45, 2.75) is 64.8 Å². The Hall–Kier alpha value is -4.14. The van der Waals surface area contributed by atoms with Crippen LogP contribution in [-0.4, -0.2) is 68.8 Å². The molecule has 2 amide bonds. The Morgan fingerprint density at radius 3 is 2.35 bits per heavy atom. The molecule has 9 heteroatoms. The number of nitrogens with zero attached hydrogens (tertiary/aromatic N) is 4. The van der Waals surface area contributed by atoms with Crippen LogP contribution in [0.25, 0.3) is 0 Å². The standard InChI is InChI=1S/C31H38N4O5/c1-31(2,3)40-30(38)35-17-10-15-27(35)16-18-33(29(37)39-23-25-13-8-5-9-14-25)22-28(36)26-19-32-34(21-26)20-24-11-6-4-7-12-24/h4-9,11-14,19,21,27H,10,15-18,20,22-23H2,1-3H3/t27-/m0/s1. The summed E-state index contributed by atoms with van der Waals surface area (Å²) in [6, 6.07) is 19.2. The average Bonchev–Trinajstić information content (AvgIpc) is 3.60. The van der Waals surface area contributed by atoms with Gasteiger partial charge >= 0.3 is 12.2 Å². The highest BCUT2D eigenvalue weighted by Crippen LogP contribution is 2.23. The molecule has 0 unspecified atom stereocenters. The normalized spacial score (nSPS) is 15.1. The molecule has 1 saturated heterocycles. The van der Waals surface area contributed by atoms with Gasteiger partial charge in [-0.3, -0.25) is 9.48 Å². The maximum absolute atomic E-state index is 13.2. The molecule has 4 rings (SSSR count). The minimum absolute atomic E-state index is 0.0806. The van der Waals surface area contributed by atoms with Gasteiger partial charge in [-0.15, -0.1) is 0 Å². The molecule has 1 fully saturated rings. The van der Waals surface area contributed by atoms with Crippen molar-refractivity contribution in [3.05, 3.63) is 89.7 Å². The van der Waals surface area contributed by atoms with Crippen molar-refractivity contribution in [1.82, 2.24) is 19.6 Å². The number of carbonyl (C=O) groups is 3. The summed E-state index contributed by atoms with van der Waals surface area (Å²) in [4.78, 5) is 42.3. The third-order valence-electron chi connectivity index (χ3n) is 6.68. The molecule has 1 aliphatic rings. The van der Waals surface area contributed by atoms with Crippen molar-refractivity contribution >= 4 is 18.0 Å². The van der Waals surface area contributed by atoms with Crippen molar-refractivity contribution in [2.75, 3.05) is 19.6 Å². The van der Waals surface area contributed by atoms with Crippen LogP contribution in [-0.2, 0) is 22.6 Å². The first-order valence-corrected chi connectivity index (χ1v) is 13.7. The quantitative estimate of drug-likeness (QED) is 0.310. The number of amides is 2. The van der Waals surface area contributed by atoms with Crippen LogP contribution in [0.3, 0.4) is 0 Å². The van der Waals surface area contributed by atoms with Gasteiger partial charge in [-0.05, 0) is 51.2 Å². The monoisotopic (exact) mass is 546 g/mol. The highest BCUT2D eigenvalue weighted by Gasteiger charge is 2.33. The summed E-state index contributed by atoms with van der Waals surface area (Å²) >= 11 is 0. The summed E-state index contributed by atoms with van der Waals surface area (Å²) < 4.78 is 12.9. The minimum atomic E-state index is -0.588. The van der Waals surface area contributed by atoms with Crippen molar-refractivity contribution < 1.29 is 23.9 Å². The van der Waals surface area contributed by atoms with E-state index >= 15 is 0 Å². The molecule has 0 bridgehead atoms. The summed E-state index contributed by atoms with van der Waals surface area (Å²) in [5.41, 5.74) is 1.76. The maximum atomic E-state index is 13.2. The lowest BCUT2D eigenvalue weighted by atomic mass is 10.1. The fourth-order valence-corrected chi connectivity index (χ4v) is 4.68. The van der Waals surface area contributed by atoms with Gasteiger partial charge in [0.2, 0.25) is 0 Å². The second-order valence-electron chi connectivity index (χ2n) is 11.1. The number of carbonyl (C=O) groups excluding carboxylic acids is 3. The number of ether oxygens (including phenoxy) is 2. The van der Waals surface area contributed by atoms with Crippen molar-refractivity contribution in [3.8, 4) is 0 Å². The van der Waals surface area contributed by atoms with Crippen LogP contribution >= 0.6 is 0 Å². The predicted molar refractivity (Wildman–Crippen MR) is 151 cm³/mol. The molecule has 2 heterocycles. The van der Waals surface area contributed by atoms with Gasteiger partial charge in [-0.1, -0.05) is 60.7 Å². The molecule has 1 aliphatic heterocycles. The third kappa shape index (κ3) is 8.43. The lowest BCUT2D eigenvalue weighted by Crippen LogP contribution is -2.43. The summed E-state index contributed by atoms with van der Waals surface area (Å²) in [5.74, 6) is -0.230. The molecule has 1 atom stereocenters. The van der Waals surface area contributed by atoms with Crippen LogP contribution in [0, 0.1) is 0 Å². The van der Waals surface area contributed by atoms with Gasteiger partial charge in [-0.25, -0.2) is 9.59 Å². The molecular formula is C31H38N4O5. The van der Waals surface area contributed by atoms with E-state index in [0.29, 0.717) is 25.1 Å². The minimum Gasteiger partial charge on any atom is -0.445 e. The Balaban J connectivity index is 1.41. The number of benzene rings is 2.